The molecule has 2 aromatic rings. The van der Waals surface area contributed by atoms with Gasteiger partial charge in [-0.2, -0.15) is 0 Å². The van der Waals surface area contributed by atoms with Crippen LogP contribution in [0.1, 0.15) is 20.9 Å². The summed E-state index contributed by atoms with van der Waals surface area (Å²) in [5.41, 5.74) is 1.69. The number of thiophene rings is 1. The van der Waals surface area contributed by atoms with E-state index in [4.69, 9.17) is 4.74 Å². The van der Waals surface area contributed by atoms with Gasteiger partial charge < -0.3 is 15.0 Å². The first kappa shape index (κ1) is 15.9. The second-order valence-corrected chi connectivity index (χ2v) is 6.37. The van der Waals surface area contributed by atoms with Crippen molar-refractivity contribution >= 4 is 23.2 Å². The van der Waals surface area contributed by atoms with Crippen LogP contribution in [0, 0.1) is 6.92 Å². The van der Waals surface area contributed by atoms with Gasteiger partial charge in [0.2, 0.25) is 5.95 Å². The van der Waals surface area contributed by atoms with Crippen molar-refractivity contribution in [2.75, 3.05) is 37.7 Å². The number of rotatable bonds is 5. The molecule has 0 saturated carbocycles. The third kappa shape index (κ3) is 4.05. The molecule has 0 bridgehead atoms. The number of anilines is 1. The van der Waals surface area contributed by atoms with Gasteiger partial charge in [-0.1, -0.05) is 0 Å². The molecular formula is C16H20N4O2S. The van der Waals surface area contributed by atoms with Crippen molar-refractivity contribution in [2.24, 2.45) is 0 Å². The average Bonchev–Trinajstić information content (AvgIpc) is 3.01. The van der Waals surface area contributed by atoms with E-state index in [-0.39, 0.29) is 5.91 Å². The molecule has 1 fully saturated rings. The number of hydrogen-bond donors (Lipinski definition) is 1. The van der Waals surface area contributed by atoms with Gasteiger partial charge in [-0.25, -0.2) is 9.97 Å². The van der Waals surface area contributed by atoms with Crippen LogP contribution in [0.3, 0.4) is 0 Å². The fraction of sp³-hybridized carbons (Fsp3) is 0.438. The SMILES string of the molecule is Cc1ccsc1CCNC(=O)c1ccnc(N2CCOCC2)n1. The Morgan fingerprint density at radius 3 is 2.96 bits per heavy atom. The monoisotopic (exact) mass is 332 g/mol. The lowest BCUT2D eigenvalue weighted by atomic mass is 10.2. The molecule has 0 radical (unpaired) electrons. The van der Waals surface area contributed by atoms with Crippen LogP contribution in [-0.4, -0.2) is 48.7 Å². The molecule has 1 aliphatic heterocycles. The van der Waals surface area contributed by atoms with Gasteiger partial charge in [0.1, 0.15) is 5.69 Å². The maximum atomic E-state index is 12.3. The number of carbonyl (C=O) groups is 1. The van der Waals surface area contributed by atoms with Crippen molar-refractivity contribution in [1.82, 2.24) is 15.3 Å². The Kier molecular flexibility index (Phi) is 5.19. The predicted molar refractivity (Wildman–Crippen MR) is 90.2 cm³/mol. The minimum absolute atomic E-state index is 0.156. The molecule has 23 heavy (non-hydrogen) atoms. The third-order valence-electron chi connectivity index (χ3n) is 3.78. The van der Waals surface area contributed by atoms with E-state index < -0.39 is 0 Å². The summed E-state index contributed by atoms with van der Waals surface area (Å²) in [6.07, 6.45) is 2.48. The molecule has 3 heterocycles. The van der Waals surface area contributed by atoms with E-state index in [0.29, 0.717) is 31.4 Å². The third-order valence-corrected chi connectivity index (χ3v) is 4.86. The molecule has 1 aliphatic rings. The lowest BCUT2D eigenvalue weighted by Gasteiger charge is -2.26. The van der Waals surface area contributed by atoms with Crippen molar-refractivity contribution < 1.29 is 9.53 Å². The van der Waals surface area contributed by atoms with Crippen molar-refractivity contribution in [3.63, 3.8) is 0 Å². The first-order valence-corrected chi connectivity index (χ1v) is 8.59. The zero-order chi connectivity index (χ0) is 16.1. The molecule has 2 aromatic heterocycles. The molecular weight excluding hydrogens is 312 g/mol. The molecule has 0 aromatic carbocycles. The second kappa shape index (κ2) is 7.52. The van der Waals surface area contributed by atoms with Crippen LogP contribution in [0.2, 0.25) is 0 Å². The van der Waals surface area contributed by atoms with E-state index in [1.165, 1.54) is 10.4 Å². The average molecular weight is 332 g/mol. The Morgan fingerprint density at radius 1 is 1.39 bits per heavy atom. The summed E-state index contributed by atoms with van der Waals surface area (Å²) >= 11 is 1.72. The van der Waals surface area contributed by atoms with Gasteiger partial charge in [0.25, 0.3) is 5.91 Å². The van der Waals surface area contributed by atoms with Gasteiger partial charge in [-0.15, -0.1) is 11.3 Å². The lowest BCUT2D eigenvalue weighted by Crippen LogP contribution is -2.37. The van der Waals surface area contributed by atoms with Gasteiger partial charge in [0.05, 0.1) is 13.2 Å². The summed E-state index contributed by atoms with van der Waals surface area (Å²) in [7, 11) is 0. The minimum atomic E-state index is -0.156. The van der Waals surface area contributed by atoms with Crippen LogP contribution in [-0.2, 0) is 11.2 Å². The molecule has 0 spiro atoms. The molecule has 6 nitrogen and oxygen atoms in total. The zero-order valence-electron chi connectivity index (χ0n) is 13.1. The number of nitrogens with zero attached hydrogens (tertiary/aromatic N) is 3. The highest BCUT2D eigenvalue weighted by Gasteiger charge is 2.16. The van der Waals surface area contributed by atoms with E-state index in [9.17, 15) is 4.79 Å². The van der Waals surface area contributed by atoms with Crippen LogP contribution >= 0.6 is 11.3 Å². The van der Waals surface area contributed by atoms with Crippen molar-refractivity contribution in [1.29, 1.82) is 0 Å². The highest BCUT2D eigenvalue weighted by atomic mass is 32.1. The maximum absolute atomic E-state index is 12.3. The summed E-state index contributed by atoms with van der Waals surface area (Å²) < 4.78 is 5.32. The van der Waals surface area contributed by atoms with Crippen LogP contribution in [0.15, 0.2) is 23.7 Å². The number of carbonyl (C=O) groups excluding carboxylic acids is 1. The van der Waals surface area contributed by atoms with Crippen molar-refractivity contribution in [2.45, 2.75) is 13.3 Å². The highest BCUT2D eigenvalue weighted by Crippen LogP contribution is 2.15. The largest absolute Gasteiger partial charge is 0.378 e. The van der Waals surface area contributed by atoms with Crippen LogP contribution in [0.5, 0.6) is 0 Å². The first-order valence-electron chi connectivity index (χ1n) is 7.71. The Hall–Kier alpha value is -1.99. The van der Waals surface area contributed by atoms with E-state index in [2.05, 4.69) is 33.7 Å². The normalized spacial score (nSPS) is 14.7. The Labute approximate surface area is 139 Å². The van der Waals surface area contributed by atoms with E-state index in [1.54, 1.807) is 23.6 Å². The number of nitrogens with one attached hydrogen (secondary N) is 1. The summed E-state index contributed by atoms with van der Waals surface area (Å²) in [6.45, 7) is 5.54. The van der Waals surface area contributed by atoms with Gasteiger partial charge >= 0.3 is 0 Å². The molecule has 0 atom stereocenters. The number of ether oxygens (including phenoxy) is 1. The number of amides is 1. The van der Waals surface area contributed by atoms with Gasteiger partial charge in [-0.3, -0.25) is 4.79 Å². The second-order valence-electron chi connectivity index (χ2n) is 5.37. The molecule has 3 rings (SSSR count). The zero-order valence-corrected chi connectivity index (χ0v) is 13.9. The van der Waals surface area contributed by atoms with Gasteiger partial charge in [0, 0.05) is 30.7 Å². The molecule has 0 unspecified atom stereocenters. The van der Waals surface area contributed by atoms with E-state index in [0.717, 1.165) is 19.5 Å². The Balaban J connectivity index is 1.57. The maximum Gasteiger partial charge on any atom is 0.270 e. The first-order chi connectivity index (χ1) is 11.2. The summed E-state index contributed by atoms with van der Waals surface area (Å²) in [5.74, 6) is 0.436. The highest BCUT2D eigenvalue weighted by molar-refractivity contribution is 7.10. The molecule has 122 valence electrons. The fourth-order valence-corrected chi connectivity index (χ4v) is 3.34. The van der Waals surface area contributed by atoms with Crippen LogP contribution in [0.25, 0.3) is 0 Å². The van der Waals surface area contributed by atoms with E-state index >= 15 is 0 Å². The quantitative estimate of drug-likeness (QED) is 0.902. The number of aryl methyl sites for hydroxylation is 1. The number of hydrogen-bond acceptors (Lipinski definition) is 6. The Bertz CT molecular complexity index is 668. The standard InChI is InChI=1S/C16H20N4O2S/c1-12-4-11-23-14(12)3-6-17-15(21)13-2-5-18-16(19-13)20-7-9-22-10-8-20/h2,4-5,11H,3,6-10H2,1H3,(H,17,21). The summed E-state index contributed by atoms with van der Waals surface area (Å²) in [6, 6.07) is 3.75. The van der Waals surface area contributed by atoms with Crippen LogP contribution < -0.4 is 10.2 Å². The van der Waals surface area contributed by atoms with Gasteiger partial charge in [-0.05, 0) is 36.4 Å². The molecule has 0 aliphatic carbocycles. The summed E-state index contributed by atoms with van der Waals surface area (Å²) in [5, 5.41) is 5.00. The van der Waals surface area contributed by atoms with Crippen molar-refractivity contribution in [3.8, 4) is 0 Å². The van der Waals surface area contributed by atoms with Crippen LogP contribution in [0.4, 0.5) is 5.95 Å². The van der Waals surface area contributed by atoms with Gasteiger partial charge in [0.15, 0.2) is 0 Å². The number of morpholine rings is 1. The topological polar surface area (TPSA) is 67.4 Å². The molecule has 7 heteroatoms. The number of aromatic nitrogens is 2. The molecule has 1 amide bonds. The minimum Gasteiger partial charge on any atom is -0.378 e. The predicted octanol–water partition coefficient (Wildman–Crippen LogP) is 1.66. The van der Waals surface area contributed by atoms with E-state index in [1.807, 2.05) is 4.90 Å². The smallest absolute Gasteiger partial charge is 0.270 e. The molecule has 1 N–H and O–H groups in total. The lowest BCUT2D eigenvalue weighted by molar-refractivity contribution is 0.0949. The fourth-order valence-electron chi connectivity index (χ4n) is 2.43. The van der Waals surface area contributed by atoms with Crippen molar-refractivity contribution in [3.05, 3.63) is 39.8 Å². The Morgan fingerprint density at radius 2 is 2.22 bits per heavy atom. The summed E-state index contributed by atoms with van der Waals surface area (Å²) in [4.78, 5) is 24.2. The molecule has 1 saturated heterocycles.